The molecule has 0 radical (unpaired) electrons. The van der Waals surface area contributed by atoms with Crippen molar-refractivity contribution >= 4 is 17.8 Å². The van der Waals surface area contributed by atoms with Gasteiger partial charge in [0.05, 0.1) is 6.54 Å². The molecule has 0 spiro atoms. The number of hydrogen-bond acceptors (Lipinski definition) is 8. The van der Waals surface area contributed by atoms with Crippen LogP contribution in [-0.2, 0) is 20.9 Å². The third kappa shape index (κ3) is 7.17. The minimum Gasteiger partial charge on any atom is -0.486 e. The van der Waals surface area contributed by atoms with E-state index in [1.807, 2.05) is 36.4 Å². The first kappa shape index (κ1) is 25.6. The molecule has 0 bridgehead atoms. The van der Waals surface area contributed by atoms with Crippen LogP contribution in [-0.4, -0.2) is 82.2 Å². The molecule has 0 aromatic heterocycles. The van der Waals surface area contributed by atoms with Crippen molar-refractivity contribution in [1.29, 1.82) is 0 Å². The summed E-state index contributed by atoms with van der Waals surface area (Å²) in [5, 5.41) is 32.5. The van der Waals surface area contributed by atoms with Gasteiger partial charge in [-0.25, -0.2) is 9.59 Å². The van der Waals surface area contributed by atoms with E-state index < -0.39 is 24.1 Å². The molecular weight excluding hydrogens is 436 g/mol. The molecule has 0 saturated carbocycles. The van der Waals surface area contributed by atoms with Crippen LogP contribution < -0.4 is 15.2 Å². The first-order valence-electron chi connectivity index (χ1n) is 9.88. The topological polar surface area (TPSA) is 180 Å². The van der Waals surface area contributed by atoms with Crippen LogP contribution >= 0.6 is 0 Å². The normalized spacial score (nSPS) is 13.7. The zero-order valence-corrected chi connectivity index (χ0v) is 17.9. The van der Waals surface area contributed by atoms with E-state index in [0.29, 0.717) is 19.8 Å². The van der Waals surface area contributed by atoms with Gasteiger partial charge in [0, 0.05) is 13.6 Å². The summed E-state index contributed by atoms with van der Waals surface area (Å²) in [5.41, 5.74) is 8.59. The predicted molar refractivity (Wildman–Crippen MR) is 116 cm³/mol. The van der Waals surface area contributed by atoms with Gasteiger partial charge in [0.25, 0.3) is 0 Å². The van der Waals surface area contributed by atoms with Crippen LogP contribution in [0.25, 0.3) is 11.1 Å². The average Bonchev–Trinajstić information content (AvgIpc) is 2.82. The van der Waals surface area contributed by atoms with Gasteiger partial charge in [-0.05, 0) is 34.9 Å². The molecule has 178 valence electrons. The van der Waals surface area contributed by atoms with Crippen molar-refractivity contribution < 1.29 is 44.3 Å². The Kier molecular flexibility index (Phi) is 9.16. The number of rotatable bonds is 7. The summed E-state index contributed by atoms with van der Waals surface area (Å²) in [7, 11) is 1.76. The number of carbonyl (C=O) groups is 3. The van der Waals surface area contributed by atoms with Crippen LogP contribution in [0.4, 0.5) is 0 Å². The van der Waals surface area contributed by atoms with Gasteiger partial charge in [-0.3, -0.25) is 4.79 Å². The summed E-state index contributed by atoms with van der Waals surface area (Å²) in [4.78, 5) is 32.8. The Hall–Kier alpha value is -3.67. The van der Waals surface area contributed by atoms with Gasteiger partial charge >= 0.3 is 11.9 Å². The van der Waals surface area contributed by atoms with E-state index in [9.17, 15) is 14.4 Å². The molecule has 0 saturated heterocycles. The maximum Gasteiger partial charge on any atom is 0.335 e. The second-order valence-electron chi connectivity index (χ2n) is 7.08. The van der Waals surface area contributed by atoms with Crippen molar-refractivity contribution in [2.45, 2.75) is 18.8 Å². The summed E-state index contributed by atoms with van der Waals surface area (Å²) in [6, 6.07) is 14.0. The molecule has 2 aromatic carbocycles. The van der Waals surface area contributed by atoms with Crippen LogP contribution in [0.2, 0.25) is 0 Å². The van der Waals surface area contributed by atoms with Crippen LogP contribution in [0.5, 0.6) is 11.5 Å². The molecule has 0 fully saturated rings. The summed E-state index contributed by atoms with van der Waals surface area (Å²) in [5.74, 6) is -2.06. The minimum atomic E-state index is -2.27. The molecule has 1 aliphatic heterocycles. The highest BCUT2D eigenvalue weighted by molar-refractivity contribution is 5.83. The lowest BCUT2D eigenvalue weighted by molar-refractivity contribution is -0.165. The predicted octanol–water partition coefficient (Wildman–Crippen LogP) is -0.0807. The van der Waals surface area contributed by atoms with Crippen molar-refractivity contribution in [3.8, 4) is 22.6 Å². The highest BCUT2D eigenvalue weighted by Crippen LogP contribution is 2.34. The maximum atomic E-state index is 11.6. The third-order valence-electron chi connectivity index (χ3n) is 4.63. The Morgan fingerprint density at radius 3 is 2.09 bits per heavy atom. The minimum absolute atomic E-state index is 0.0261. The molecular formula is C22H26N2O9. The standard InChI is InChI=1S/C18H20N2O3.C4H6O6/c1-20(18(21)11-19)12-13-3-2-4-14(9-13)15-5-6-16-17(10-15)23-8-7-22-16;5-1(3(7)8)2(6)4(9)10/h2-6,9-10H,7-8,11-12,19H2,1H3;1-2,5-6H,(H,7,8)(H,9,10). The number of carboxylic acid groups (broad SMARTS) is 2. The summed E-state index contributed by atoms with van der Waals surface area (Å²) >= 11 is 0. The van der Waals surface area contributed by atoms with Crippen LogP contribution in [0.3, 0.4) is 0 Å². The van der Waals surface area contributed by atoms with Crippen LogP contribution in [0.1, 0.15) is 5.56 Å². The number of nitrogens with zero attached hydrogens (tertiary/aromatic N) is 1. The molecule has 2 aromatic rings. The lowest BCUT2D eigenvalue weighted by Crippen LogP contribution is -2.39. The molecule has 1 aliphatic rings. The zero-order valence-electron chi connectivity index (χ0n) is 17.9. The molecule has 2 atom stereocenters. The number of nitrogens with two attached hydrogens (primary N) is 1. The van der Waals surface area contributed by atoms with Gasteiger partial charge in [0.15, 0.2) is 23.7 Å². The molecule has 2 unspecified atom stereocenters. The van der Waals surface area contributed by atoms with Crippen LogP contribution in [0, 0.1) is 0 Å². The molecule has 11 heteroatoms. The number of aliphatic hydroxyl groups excluding tert-OH is 2. The number of fused-ring (bicyclic) bond motifs is 1. The third-order valence-corrected chi connectivity index (χ3v) is 4.63. The number of aliphatic carboxylic acids is 2. The number of hydrogen-bond donors (Lipinski definition) is 5. The summed E-state index contributed by atoms with van der Waals surface area (Å²) < 4.78 is 11.2. The Balaban J connectivity index is 0.000000328. The van der Waals surface area contributed by atoms with E-state index in [1.54, 1.807) is 11.9 Å². The smallest absolute Gasteiger partial charge is 0.335 e. The first-order chi connectivity index (χ1) is 15.6. The van der Waals surface area contributed by atoms with E-state index >= 15 is 0 Å². The fourth-order valence-corrected chi connectivity index (χ4v) is 2.86. The van der Waals surface area contributed by atoms with E-state index in [1.165, 1.54) is 0 Å². The van der Waals surface area contributed by atoms with Crippen molar-refractivity contribution in [3.05, 3.63) is 48.0 Å². The highest BCUT2D eigenvalue weighted by Gasteiger charge is 2.29. The molecule has 1 amide bonds. The number of benzene rings is 2. The summed E-state index contributed by atoms with van der Waals surface area (Å²) in [6.45, 7) is 1.72. The van der Waals surface area contributed by atoms with E-state index in [0.717, 1.165) is 28.2 Å². The Labute approximate surface area is 189 Å². The average molecular weight is 462 g/mol. The number of aliphatic hydroxyl groups is 2. The van der Waals surface area contributed by atoms with Gasteiger partial charge < -0.3 is 40.5 Å². The number of likely N-dealkylation sites (N-methyl/N-ethyl adjacent to an activating group) is 1. The zero-order chi connectivity index (χ0) is 24.5. The molecule has 3 rings (SSSR count). The van der Waals surface area contributed by atoms with E-state index in [4.69, 9.17) is 35.6 Å². The molecule has 1 heterocycles. The quantitative estimate of drug-likeness (QED) is 0.373. The Morgan fingerprint density at radius 2 is 1.52 bits per heavy atom. The molecule has 33 heavy (non-hydrogen) atoms. The SMILES string of the molecule is CN(Cc1cccc(-c2ccc3c(c2)OCCO3)c1)C(=O)CN.O=C(O)C(O)C(O)C(=O)O. The van der Waals surface area contributed by atoms with Crippen LogP contribution in [0.15, 0.2) is 42.5 Å². The monoisotopic (exact) mass is 462 g/mol. The van der Waals surface area contributed by atoms with Gasteiger partial charge in [-0.1, -0.05) is 24.3 Å². The molecule has 6 N–H and O–H groups in total. The number of amides is 1. The largest absolute Gasteiger partial charge is 0.486 e. The maximum absolute atomic E-state index is 11.6. The number of carboxylic acids is 2. The van der Waals surface area contributed by atoms with E-state index in [2.05, 4.69) is 6.07 Å². The second kappa shape index (κ2) is 11.8. The Morgan fingerprint density at radius 1 is 0.939 bits per heavy atom. The van der Waals surface area contributed by atoms with Crippen molar-refractivity contribution in [2.24, 2.45) is 5.73 Å². The van der Waals surface area contributed by atoms with Crippen molar-refractivity contribution in [2.75, 3.05) is 26.8 Å². The number of ether oxygens (including phenoxy) is 2. The van der Waals surface area contributed by atoms with Crippen molar-refractivity contribution in [1.82, 2.24) is 4.90 Å². The van der Waals surface area contributed by atoms with Gasteiger partial charge in [0.2, 0.25) is 5.91 Å². The lowest BCUT2D eigenvalue weighted by Gasteiger charge is -2.19. The summed E-state index contributed by atoms with van der Waals surface area (Å²) in [6.07, 6.45) is -4.53. The lowest BCUT2D eigenvalue weighted by atomic mass is 10.0. The fraction of sp³-hybridized carbons (Fsp3) is 0.318. The molecule has 11 nitrogen and oxygen atoms in total. The first-order valence-corrected chi connectivity index (χ1v) is 9.88. The fourth-order valence-electron chi connectivity index (χ4n) is 2.86. The second-order valence-corrected chi connectivity index (χ2v) is 7.08. The van der Waals surface area contributed by atoms with Crippen molar-refractivity contribution in [3.63, 3.8) is 0 Å². The van der Waals surface area contributed by atoms with Gasteiger partial charge in [-0.15, -0.1) is 0 Å². The highest BCUT2D eigenvalue weighted by atomic mass is 16.6. The van der Waals surface area contributed by atoms with Gasteiger partial charge in [0.1, 0.15) is 13.2 Å². The Bertz CT molecular complexity index is 978. The molecule has 0 aliphatic carbocycles. The van der Waals surface area contributed by atoms with Gasteiger partial charge in [-0.2, -0.15) is 0 Å². The van der Waals surface area contributed by atoms with E-state index in [-0.39, 0.29) is 12.5 Å². The number of carbonyl (C=O) groups excluding carboxylic acids is 1.